The van der Waals surface area contributed by atoms with Crippen molar-refractivity contribution in [2.45, 2.75) is 126 Å². The van der Waals surface area contributed by atoms with Gasteiger partial charge in [-0.3, -0.25) is 4.79 Å². The fraction of sp³-hybridized carbons (Fsp3) is 0.522. The summed E-state index contributed by atoms with van der Waals surface area (Å²) in [6.07, 6.45) is 11.6. The van der Waals surface area contributed by atoms with Crippen molar-refractivity contribution < 1.29 is 41.0 Å². The highest BCUT2D eigenvalue weighted by Crippen LogP contribution is 2.33. The number of hydrogen-bond donors (Lipinski definition) is 2. The third kappa shape index (κ3) is 9.82. The summed E-state index contributed by atoms with van der Waals surface area (Å²) in [5.41, 5.74) is 2.64. The van der Waals surface area contributed by atoms with Crippen LogP contribution in [-0.4, -0.2) is 104 Å². The minimum atomic E-state index is -4.03. The maximum absolute atomic E-state index is 13.3. The first-order valence-electron chi connectivity index (χ1n) is 22.5. The molecule has 2 saturated heterocycles. The zero-order chi connectivity index (χ0) is 47.2. The summed E-state index contributed by atoms with van der Waals surface area (Å²) in [5, 5.41) is 19.7. The number of benzene rings is 2. The van der Waals surface area contributed by atoms with Gasteiger partial charge in [-0.1, -0.05) is 41.5 Å². The molecule has 354 valence electrons. The summed E-state index contributed by atoms with van der Waals surface area (Å²) in [4.78, 5) is 33.3. The van der Waals surface area contributed by atoms with E-state index in [4.69, 9.17) is 24.5 Å². The molecule has 20 heteroatoms. The van der Waals surface area contributed by atoms with Crippen molar-refractivity contribution in [1.82, 2.24) is 42.8 Å². The van der Waals surface area contributed by atoms with Crippen LogP contribution in [0.3, 0.4) is 0 Å². The first-order valence-corrected chi connectivity index (χ1v) is 25.4. The molecule has 0 unspecified atom stereocenters. The van der Waals surface area contributed by atoms with Crippen LogP contribution in [0.1, 0.15) is 119 Å². The Morgan fingerprint density at radius 1 is 0.667 bits per heavy atom. The van der Waals surface area contributed by atoms with Gasteiger partial charge in [0.15, 0.2) is 0 Å². The van der Waals surface area contributed by atoms with E-state index in [1.165, 1.54) is 24.5 Å². The SMILES string of the molecule is CC(C)(C)c1nc2cc(S(=O)(=O)n3cc(C(=O)NC4CCC4)cn3)ccc2n1CC1CCOCC1.CC(C)(C)c1nc2cc(S(=O)(=O)n3cc(C(=O)O)cn3)ccc2n1CC1CCOCC1. The normalized spacial score (nSPS) is 17.1. The molecule has 4 aromatic heterocycles. The van der Waals surface area contributed by atoms with Gasteiger partial charge in [-0.05, 0) is 93.2 Å². The number of nitrogens with one attached hydrogen (secondary N) is 1. The molecule has 2 aromatic carbocycles. The standard InChI is InChI=1S/C25H33N5O4S.C21H26N4O5S/c1-25(2,3)24-28-21-13-20(7-8-22(21)29(24)15-17-9-11-34-12-10-17)35(32,33)30-16-18(14-26-30)23(31)27-19-5-4-6-19;1-21(2,3)20-23-17-10-16(31(28,29)25-13-15(11-22-25)19(26)27)4-5-18(17)24(20)12-14-6-8-30-9-7-14/h7-8,13-14,16-17,19H,4-6,9-12,15H2,1-3H3,(H,27,31);4-5,10-11,13-14H,6-9,12H2,1-3H3,(H,26,27). The number of carboxylic acid groups (broad SMARTS) is 1. The molecule has 6 aromatic rings. The van der Waals surface area contributed by atoms with Crippen LogP contribution in [-0.2, 0) is 53.4 Å². The van der Waals surface area contributed by atoms with E-state index in [1.54, 1.807) is 18.2 Å². The van der Waals surface area contributed by atoms with Gasteiger partial charge in [-0.25, -0.2) is 14.8 Å². The van der Waals surface area contributed by atoms with Gasteiger partial charge < -0.3 is 29.0 Å². The van der Waals surface area contributed by atoms with Crippen LogP contribution < -0.4 is 5.32 Å². The van der Waals surface area contributed by atoms with Crippen molar-refractivity contribution in [2.24, 2.45) is 11.8 Å². The minimum Gasteiger partial charge on any atom is -0.478 e. The lowest BCUT2D eigenvalue weighted by molar-refractivity contribution is 0.0610. The van der Waals surface area contributed by atoms with Gasteiger partial charge >= 0.3 is 5.97 Å². The number of nitrogens with zero attached hydrogens (tertiary/aromatic N) is 8. The molecule has 0 radical (unpaired) electrons. The summed E-state index contributed by atoms with van der Waals surface area (Å²) in [5.74, 6) is 1.28. The van der Waals surface area contributed by atoms with Crippen LogP contribution in [0.25, 0.3) is 22.1 Å². The van der Waals surface area contributed by atoms with Crippen molar-refractivity contribution in [2.75, 3.05) is 26.4 Å². The van der Waals surface area contributed by atoms with Crippen LogP contribution in [0, 0.1) is 11.8 Å². The Kier molecular flexibility index (Phi) is 13.1. The van der Waals surface area contributed by atoms with Crippen molar-refractivity contribution in [1.29, 1.82) is 0 Å². The predicted octanol–water partition coefficient (Wildman–Crippen LogP) is 6.37. The van der Waals surface area contributed by atoms with Crippen molar-refractivity contribution >= 4 is 54.0 Å². The van der Waals surface area contributed by atoms with Gasteiger partial charge in [-0.2, -0.15) is 35.2 Å². The summed E-state index contributed by atoms with van der Waals surface area (Å²) >= 11 is 0. The van der Waals surface area contributed by atoms with Gasteiger partial charge in [0, 0.05) is 56.4 Å². The number of aromatic nitrogens is 8. The topological polar surface area (TPSA) is 224 Å². The van der Waals surface area contributed by atoms with E-state index in [0.29, 0.717) is 27.0 Å². The third-order valence-electron chi connectivity index (χ3n) is 12.5. The Morgan fingerprint density at radius 2 is 1.09 bits per heavy atom. The molecule has 2 aliphatic heterocycles. The molecule has 1 aliphatic carbocycles. The molecular weight excluding hydrogens is 887 g/mol. The molecule has 3 fully saturated rings. The molecule has 6 heterocycles. The Balaban J connectivity index is 0.000000181. The highest BCUT2D eigenvalue weighted by molar-refractivity contribution is 7.90. The monoisotopic (exact) mass is 945 g/mol. The smallest absolute Gasteiger partial charge is 0.338 e. The Bertz CT molecular complexity index is 2970. The number of fused-ring (bicyclic) bond motifs is 2. The van der Waals surface area contributed by atoms with E-state index < -0.39 is 26.0 Å². The van der Waals surface area contributed by atoms with E-state index in [2.05, 4.69) is 66.2 Å². The van der Waals surface area contributed by atoms with E-state index >= 15 is 0 Å². The van der Waals surface area contributed by atoms with Crippen molar-refractivity contribution in [3.05, 3.63) is 84.0 Å². The Morgan fingerprint density at radius 3 is 1.47 bits per heavy atom. The zero-order valence-electron chi connectivity index (χ0n) is 38.3. The molecule has 9 rings (SSSR count). The van der Waals surface area contributed by atoms with Crippen LogP contribution in [0.2, 0.25) is 0 Å². The number of hydrogen-bond acceptors (Lipinski definition) is 12. The molecule has 0 atom stereocenters. The molecular formula is C46H59N9O9S2. The number of imidazole rings is 2. The number of amides is 1. The zero-order valence-corrected chi connectivity index (χ0v) is 39.9. The lowest BCUT2D eigenvalue weighted by Crippen LogP contribution is -2.39. The number of rotatable bonds is 11. The second-order valence-corrected chi connectivity index (χ2v) is 23.2. The fourth-order valence-corrected chi connectivity index (χ4v) is 10.8. The van der Waals surface area contributed by atoms with E-state index in [-0.39, 0.29) is 43.7 Å². The maximum atomic E-state index is 13.3. The van der Waals surface area contributed by atoms with Crippen LogP contribution in [0.4, 0.5) is 0 Å². The van der Waals surface area contributed by atoms with Gasteiger partial charge in [-0.15, -0.1) is 0 Å². The molecule has 0 spiro atoms. The summed E-state index contributed by atoms with van der Waals surface area (Å²) < 4.78 is 69.6. The molecule has 18 nitrogen and oxygen atoms in total. The molecule has 66 heavy (non-hydrogen) atoms. The van der Waals surface area contributed by atoms with E-state index in [1.807, 2.05) is 6.07 Å². The van der Waals surface area contributed by atoms with Crippen LogP contribution >= 0.6 is 0 Å². The lowest BCUT2D eigenvalue weighted by atomic mass is 9.93. The number of carbonyl (C=O) groups excluding carboxylic acids is 1. The largest absolute Gasteiger partial charge is 0.478 e. The van der Waals surface area contributed by atoms with Crippen molar-refractivity contribution in [3.8, 4) is 0 Å². The number of aromatic carboxylic acids is 1. The van der Waals surface area contributed by atoms with Gasteiger partial charge in [0.25, 0.3) is 26.0 Å². The molecule has 1 amide bonds. The molecule has 3 aliphatic rings. The average molecular weight is 946 g/mol. The van der Waals surface area contributed by atoms with Gasteiger partial charge in [0.05, 0.1) is 67.8 Å². The average Bonchev–Trinajstić information content (AvgIpc) is 4.09. The summed E-state index contributed by atoms with van der Waals surface area (Å²) in [6, 6.07) is 10.0. The van der Waals surface area contributed by atoms with Gasteiger partial charge in [0.1, 0.15) is 11.6 Å². The highest BCUT2D eigenvalue weighted by Gasteiger charge is 2.30. The van der Waals surface area contributed by atoms with Crippen molar-refractivity contribution in [3.63, 3.8) is 0 Å². The molecule has 1 saturated carbocycles. The highest BCUT2D eigenvalue weighted by atomic mass is 32.2. The Hall–Kier alpha value is -5.44. The Labute approximate surface area is 384 Å². The van der Waals surface area contributed by atoms with E-state index in [0.717, 1.165) is 124 Å². The second-order valence-electron chi connectivity index (χ2n) is 19.6. The van der Waals surface area contributed by atoms with E-state index in [9.17, 15) is 26.4 Å². The first kappa shape index (κ1) is 47.1. The van der Waals surface area contributed by atoms with Gasteiger partial charge in [0.2, 0.25) is 0 Å². The van der Waals surface area contributed by atoms with Crippen LogP contribution in [0.5, 0.6) is 0 Å². The second kappa shape index (κ2) is 18.3. The fourth-order valence-electron chi connectivity index (χ4n) is 8.57. The molecule has 0 bridgehead atoms. The van der Waals surface area contributed by atoms with Crippen LogP contribution in [0.15, 0.2) is 71.0 Å². The first-order chi connectivity index (χ1) is 31.2. The number of ether oxygens (including phenoxy) is 2. The molecule has 2 N–H and O–H groups in total. The third-order valence-corrected chi connectivity index (χ3v) is 15.6. The predicted molar refractivity (Wildman–Crippen MR) is 246 cm³/mol. The number of carbonyl (C=O) groups is 2. The number of carboxylic acids is 1. The minimum absolute atomic E-state index is 0.0104. The lowest BCUT2D eigenvalue weighted by Gasteiger charge is -2.26. The summed E-state index contributed by atoms with van der Waals surface area (Å²) in [7, 11) is -8.00. The quantitative estimate of drug-likeness (QED) is 0.144. The summed E-state index contributed by atoms with van der Waals surface area (Å²) in [6.45, 7) is 17.3. The maximum Gasteiger partial charge on any atom is 0.338 e.